The van der Waals surface area contributed by atoms with Crippen molar-refractivity contribution in [1.82, 2.24) is 0 Å². The maximum Gasteiger partial charge on any atom is 0.306 e. The first-order chi connectivity index (χ1) is 25.8. The van der Waals surface area contributed by atoms with Crippen molar-refractivity contribution in [1.29, 1.82) is 0 Å². The molecule has 0 aromatic rings. The van der Waals surface area contributed by atoms with Crippen LogP contribution >= 0.6 is 7.82 Å². The molecular weight excluding hydrogens is 709 g/mol. The number of hydrogen-bond donors (Lipinski definition) is 1. The number of phosphoric acid groups is 1. The van der Waals surface area contributed by atoms with Gasteiger partial charge in [0.1, 0.15) is 19.8 Å². The van der Waals surface area contributed by atoms with E-state index < -0.39 is 38.6 Å². The van der Waals surface area contributed by atoms with E-state index in [1.165, 1.54) is 12.8 Å². The van der Waals surface area contributed by atoms with Gasteiger partial charge in [-0.2, -0.15) is 0 Å². The number of aliphatic hydroxyl groups excluding tert-OH is 1. The number of quaternary nitrogens is 1. The Labute approximate surface area is 326 Å². The molecule has 310 valence electrons. The number of carbonyl (C=O) groups is 3. The van der Waals surface area contributed by atoms with Crippen LogP contribution in [0.3, 0.4) is 0 Å². The van der Waals surface area contributed by atoms with Gasteiger partial charge >= 0.3 is 11.9 Å². The number of allylic oxidation sites excluding steroid dienone is 7. The van der Waals surface area contributed by atoms with Crippen molar-refractivity contribution in [2.75, 3.05) is 47.5 Å². The summed E-state index contributed by atoms with van der Waals surface area (Å²) in [5.41, 5.74) is 0. The summed E-state index contributed by atoms with van der Waals surface area (Å²) < 4.78 is 33.7. The molecule has 5 atom stereocenters. The van der Waals surface area contributed by atoms with Gasteiger partial charge in [0.2, 0.25) is 0 Å². The van der Waals surface area contributed by atoms with Crippen LogP contribution in [0.5, 0.6) is 0 Å². The van der Waals surface area contributed by atoms with Gasteiger partial charge in [0.15, 0.2) is 11.9 Å². The lowest BCUT2D eigenvalue weighted by Crippen LogP contribution is -2.37. The number of unbranched alkanes of at least 4 members (excludes halogenated alkanes) is 10. The lowest BCUT2D eigenvalue weighted by Gasteiger charge is -2.28. The zero-order valence-corrected chi connectivity index (χ0v) is 34.9. The molecule has 0 bridgehead atoms. The SMILES string of the molecule is CCCC/C=C\CCCCCCCC(=O)OC[C@H](COP(=O)([O-])OCC[N+](C)(C)C)OC(=O)CCC/C=C\C[C@H]1C=CC(=O)[C@@H]1/C=C/[C@@H](O)CCCCC. The van der Waals surface area contributed by atoms with Crippen molar-refractivity contribution in [3.8, 4) is 0 Å². The van der Waals surface area contributed by atoms with Crippen molar-refractivity contribution in [3.63, 3.8) is 0 Å². The second kappa shape index (κ2) is 29.8. The zero-order valence-electron chi connectivity index (χ0n) is 34.0. The number of hydrogen-bond acceptors (Lipinski definition) is 10. The molecular formula is C42H72NO10P. The molecule has 0 aromatic heterocycles. The fourth-order valence-corrected chi connectivity index (χ4v) is 6.41. The number of ether oxygens (including phenoxy) is 2. The van der Waals surface area contributed by atoms with Crippen LogP contribution in [0, 0.1) is 11.8 Å². The Bertz CT molecular complexity index is 1210. The van der Waals surface area contributed by atoms with Crippen LogP contribution in [0.15, 0.2) is 48.6 Å². The number of phosphoric ester groups is 1. The van der Waals surface area contributed by atoms with Crippen molar-refractivity contribution < 1.29 is 52.0 Å². The quantitative estimate of drug-likeness (QED) is 0.0228. The molecule has 0 radical (unpaired) electrons. The van der Waals surface area contributed by atoms with Crippen LogP contribution in [0.25, 0.3) is 0 Å². The molecule has 0 aliphatic heterocycles. The van der Waals surface area contributed by atoms with Gasteiger partial charge in [-0.25, -0.2) is 0 Å². The minimum absolute atomic E-state index is 0.0161. The first kappa shape index (κ1) is 49.6. The van der Waals surface area contributed by atoms with Gasteiger partial charge in [-0.05, 0) is 63.4 Å². The molecule has 11 nitrogen and oxygen atoms in total. The van der Waals surface area contributed by atoms with Crippen molar-refractivity contribution >= 4 is 25.5 Å². The average molecular weight is 782 g/mol. The Kier molecular flexibility index (Phi) is 27.4. The Hall–Kier alpha value is -2.40. The minimum atomic E-state index is -4.68. The minimum Gasteiger partial charge on any atom is -0.756 e. The molecule has 1 aliphatic carbocycles. The smallest absolute Gasteiger partial charge is 0.306 e. The highest BCUT2D eigenvalue weighted by Gasteiger charge is 2.27. The molecule has 0 saturated carbocycles. The molecule has 0 fully saturated rings. The van der Waals surface area contributed by atoms with Crippen LogP contribution < -0.4 is 4.89 Å². The predicted octanol–water partition coefficient (Wildman–Crippen LogP) is 8.11. The Morgan fingerprint density at radius 2 is 1.50 bits per heavy atom. The van der Waals surface area contributed by atoms with Gasteiger partial charge < -0.3 is 33.0 Å². The number of rotatable bonds is 33. The van der Waals surface area contributed by atoms with Crippen molar-refractivity contribution in [3.05, 3.63) is 48.6 Å². The highest BCUT2D eigenvalue weighted by molar-refractivity contribution is 7.45. The molecule has 12 heteroatoms. The maximum absolute atomic E-state index is 12.7. The molecule has 1 N–H and O–H groups in total. The highest BCUT2D eigenvalue weighted by atomic mass is 31.2. The number of aliphatic hydroxyl groups is 1. The van der Waals surface area contributed by atoms with E-state index in [9.17, 15) is 28.9 Å². The predicted molar refractivity (Wildman–Crippen MR) is 212 cm³/mol. The molecule has 0 heterocycles. The van der Waals surface area contributed by atoms with Crippen LogP contribution in [0.1, 0.15) is 129 Å². The summed E-state index contributed by atoms with van der Waals surface area (Å²) >= 11 is 0. The monoisotopic (exact) mass is 781 g/mol. The van der Waals surface area contributed by atoms with Crippen molar-refractivity contribution in [2.45, 2.75) is 142 Å². The average Bonchev–Trinajstić information content (AvgIpc) is 3.46. The summed E-state index contributed by atoms with van der Waals surface area (Å²) in [6.45, 7) is 3.81. The van der Waals surface area contributed by atoms with Crippen LogP contribution in [-0.2, 0) is 37.5 Å². The summed E-state index contributed by atoms with van der Waals surface area (Å²) in [4.78, 5) is 49.9. The third kappa shape index (κ3) is 27.2. The summed E-state index contributed by atoms with van der Waals surface area (Å²) in [5.74, 6) is -1.24. The standard InChI is InChI=1S/C42H72NO10P/c1-6-8-10-11-12-13-14-15-16-17-22-26-41(46)50-34-38(35-52-54(48,49)51-33-32-43(3,4)5)53-42(47)27-23-19-18-21-24-36-28-31-40(45)39(36)30-29-37(44)25-20-9-7-2/h11-12,18,21,28-31,36-39,44H,6-10,13-17,19-20,22-27,32-35H2,1-5H3/b12-11-,21-18-,30-29+/t36-,37-,38+,39+/m0/s1. The molecule has 0 amide bonds. The highest BCUT2D eigenvalue weighted by Crippen LogP contribution is 2.38. The lowest BCUT2D eigenvalue weighted by atomic mass is 9.90. The Balaban J connectivity index is 2.53. The third-order valence-corrected chi connectivity index (χ3v) is 10.0. The van der Waals surface area contributed by atoms with E-state index in [1.54, 1.807) is 12.2 Å². The molecule has 54 heavy (non-hydrogen) atoms. The molecule has 1 unspecified atom stereocenters. The van der Waals surface area contributed by atoms with E-state index in [-0.39, 0.29) is 43.7 Å². The normalized spacial score (nSPS) is 18.5. The molecule has 1 rings (SSSR count). The fourth-order valence-electron chi connectivity index (χ4n) is 5.68. The number of ketones is 1. The van der Waals surface area contributed by atoms with Gasteiger partial charge in [0.05, 0.1) is 33.9 Å². The van der Waals surface area contributed by atoms with Crippen LogP contribution in [0.2, 0.25) is 0 Å². The van der Waals surface area contributed by atoms with Gasteiger partial charge in [-0.1, -0.05) is 108 Å². The molecule has 1 aliphatic rings. The Morgan fingerprint density at radius 3 is 2.22 bits per heavy atom. The molecule has 0 aromatic carbocycles. The van der Waals surface area contributed by atoms with E-state index in [0.717, 1.165) is 57.8 Å². The number of esters is 2. The van der Waals surface area contributed by atoms with E-state index >= 15 is 0 Å². The topological polar surface area (TPSA) is 148 Å². The second-order valence-corrected chi connectivity index (χ2v) is 16.7. The number of likely N-dealkylation sites (N-methyl/N-ethyl adjacent to an activating group) is 1. The zero-order chi connectivity index (χ0) is 40.1. The van der Waals surface area contributed by atoms with E-state index in [2.05, 4.69) is 26.0 Å². The van der Waals surface area contributed by atoms with E-state index in [4.69, 9.17) is 18.5 Å². The first-order valence-electron chi connectivity index (χ1n) is 20.4. The fraction of sp³-hybridized carbons (Fsp3) is 0.738. The summed E-state index contributed by atoms with van der Waals surface area (Å²) in [6.07, 6.45) is 29.2. The largest absolute Gasteiger partial charge is 0.756 e. The lowest BCUT2D eigenvalue weighted by molar-refractivity contribution is -0.870. The number of carbonyl (C=O) groups excluding carboxylic acids is 3. The van der Waals surface area contributed by atoms with Gasteiger partial charge in [0.25, 0.3) is 7.82 Å². The first-order valence-corrected chi connectivity index (χ1v) is 21.9. The van der Waals surface area contributed by atoms with Gasteiger partial charge in [-0.15, -0.1) is 0 Å². The molecule has 0 spiro atoms. The number of nitrogens with zero attached hydrogens (tertiary/aromatic N) is 1. The maximum atomic E-state index is 12.7. The third-order valence-electron chi connectivity index (χ3n) is 9.07. The van der Waals surface area contributed by atoms with Crippen molar-refractivity contribution in [2.24, 2.45) is 11.8 Å². The van der Waals surface area contributed by atoms with Crippen LogP contribution in [0.4, 0.5) is 0 Å². The van der Waals surface area contributed by atoms with Crippen LogP contribution in [-0.4, -0.2) is 87.0 Å². The summed E-state index contributed by atoms with van der Waals surface area (Å²) in [5, 5.41) is 10.2. The summed E-state index contributed by atoms with van der Waals surface area (Å²) in [6, 6.07) is 0. The van der Waals surface area contributed by atoms with E-state index in [1.807, 2.05) is 45.4 Å². The second-order valence-electron chi connectivity index (χ2n) is 15.3. The van der Waals surface area contributed by atoms with Gasteiger partial charge in [-0.3, -0.25) is 18.9 Å². The van der Waals surface area contributed by atoms with Gasteiger partial charge in [0, 0.05) is 18.8 Å². The summed E-state index contributed by atoms with van der Waals surface area (Å²) in [7, 11) is 1.03. The molecule has 0 saturated heterocycles. The Morgan fingerprint density at radius 1 is 0.852 bits per heavy atom. The van der Waals surface area contributed by atoms with E-state index in [0.29, 0.717) is 43.1 Å².